The maximum atomic E-state index is 10.2. The highest BCUT2D eigenvalue weighted by Gasteiger charge is 2.18. The van der Waals surface area contributed by atoms with Gasteiger partial charge in [0, 0.05) is 19.2 Å². The second kappa shape index (κ2) is 8.65. The average molecular weight is 346 g/mol. The molecule has 0 saturated carbocycles. The molecule has 130 valence electrons. The van der Waals surface area contributed by atoms with Crippen LogP contribution < -0.4 is 5.32 Å². The summed E-state index contributed by atoms with van der Waals surface area (Å²) < 4.78 is 2.11. The van der Waals surface area contributed by atoms with Crippen molar-refractivity contribution in [2.45, 2.75) is 36.9 Å². The largest absolute Gasteiger partial charge is 0.388 e. The van der Waals surface area contributed by atoms with E-state index >= 15 is 0 Å². The Morgan fingerprint density at radius 3 is 2.75 bits per heavy atom. The highest BCUT2D eigenvalue weighted by Crippen LogP contribution is 2.24. The fraction of sp³-hybridized carbons (Fsp3) is 0.556. The number of piperidine rings is 1. The number of aliphatic hydroxyl groups excluding tert-OH is 1. The second-order valence-corrected chi connectivity index (χ2v) is 7.48. The Kier molecular flexibility index (Phi) is 6.29. The normalized spacial score (nSPS) is 17.1. The SMILES string of the molecule is Cn1c(CC2CCNCC2)nnc1SCC[C@@H](O)c1ccccc1. The van der Waals surface area contributed by atoms with Crippen LogP contribution in [0, 0.1) is 5.92 Å². The summed E-state index contributed by atoms with van der Waals surface area (Å²) in [6.45, 7) is 2.23. The summed E-state index contributed by atoms with van der Waals surface area (Å²) in [6.07, 6.45) is 3.75. The summed E-state index contributed by atoms with van der Waals surface area (Å²) in [4.78, 5) is 0. The summed E-state index contributed by atoms with van der Waals surface area (Å²) >= 11 is 1.67. The smallest absolute Gasteiger partial charge is 0.190 e. The van der Waals surface area contributed by atoms with E-state index < -0.39 is 6.10 Å². The molecule has 0 amide bonds. The van der Waals surface area contributed by atoms with E-state index in [1.807, 2.05) is 37.4 Å². The van der Waals surface area contributed by atoms with Gasteiger partial charge in [-0.25, -0.2) is 0 Å². The van der Waals surface area contributed by atoms with Gasteiger partial charge in [-0.1, -0.05) is 42.1 Å². The molecule has 2 N–H and O–H groups in total. The van der Waals surface area contributed by atoms with Crippen LogP contribution in [-0.4, -0.2) is 38.7 Å². The van der Waals surface area contributed by atoms with Crippen molar-refractivity contribution in [2.24, 2.45) is 13.0 Å². The number of thioether (sulfide) groups is 1. The van der Waals surface area contributed by atoms with Crippen molar-refractivity contribution in [3.8, 4) is 0 Å². The molecule has 1 aliphatic rings. The molecule has 2 heterocycles. The number of benzene rings is 1. The third-order valence-electron chi connectivity index (χ3n) is 4.66. The van der Waals surface area contributed by atoms with Crippen molar-refractivity contribution in [3.05, 3.63) is 41.7 Å². The fourth-order valence-electron chi connectivity index (χ4n) is 3.10. The molecule has 0 unspecified atom stereocenters. The molecule has 1 aliphatic heterocycles. The summed E-state index contributed by atoms with van der Waals surface area (Å²) in [6, 6.07) is 9.82. The van der Waals surface area contributed by atoms with Crippen molar-refractivity contribution >= 4 is 11.8 Å². The van der Waals surface area contributed by atoms with E-state index in [9.17, 15) is 5.11 Å². The summed E-state index contributed by atoms with van der Waals surface area (Å²) in [5.41, 5.74) is 0.975. The zero-order chi connectivity index (χ0) is 16.8. The van der Waals surface area contributed by atoms with E-state index in [1.54, 1.807) is 11.8 Å². The Balaban J connectivity index is 1.49. The molecule has 2 aromatic rings. The summed E-state index contributed by atoms with van der Waals surface area (Å²) in [5.74, 6) is 2.62. The number of hydrogen-bond donors (Lipinski definition) is 2. The maximum Gasteiger partial charge on any atom is 0.190 e. The van der Waals surface area contributed by atoms with E-state index in [-0.39, 0.29) is 0 Å². The molecule has 24 heavy (non-hydrogen) atoms. The standard InChI is InChI=1S/C18H26N4OS/c1-22-17(13-14-7-10-19-11-8-14)20-21-18(22)24-12-9-16(23)15-5-3-2-4-6-15/h2-6,14,16,19,23H,7-13H2,1H3/t16-/m1/s1. The van der Waals surface area contributed by atoms with Crippen molar-refractivity contribution in [2.75, 3.05) is 18.8 Å². The first-order valence-corrected chi connectivity index (χ1v) is 9.67. The third-order valence-corrected chi connectivity index (χ3v) is 5.72. The molecule has 0 radical (unpaired) electrons. The van der Waals surface area contributed by atoms with Crippen molar-refractivity contribution in [1.29, 1.82) is 0 Å². The van der Waals surface area contributed by atoms with E-state index in [1.165, 1.54) is 12.8 Å². The average Bonchev–Trinajstić information content (AvgIpc) is 2.97. The zero-order valence-corrected chi connectivity index (χ0v) is 15.0. The molecule has 1 aromatic heterocycles. The Labute approximate surface area is 147 Å². The Morgan fingerprint density at radius 2 is 2.00 bits per heavy atom. The first-order valence-electron chi connectivity index (χ1n) is 8.69. The lowest BCUT2D eigenvalue weighted by Crippen LogP contribution is -2.29. The van der Waals surface area contributed by atoms with Crippen LogP contribution in [0.15, 0.2) is 35.5 Å². The lowest BCUT2D eigenvalue weighted by Gasteiger charge is -2.21. The quantitative estimate of drug-likeness (QED) is 0.755. The van der Waals surface area contributed by atoms with Crippen molar-refractivity contribution in [1.82, 2.24) is 20.1 Å². The van der Waals surface area contributed by atoms with Gasteiger partial charge in [-0.15, -0.1) is 10.2 Å². The zero-order valence-electron chi connectivity index (χ0n) is 14.2. The molecule has 1 saturated heterocycles. The molecule has 1 aromatic carbocycles. The topological polar surface area (TPSA) is 63.0 Å². The molecule has 5 nitrogen and oxygen atoms in total. The summed E-state index contributed by atoms with van der Waals surface area (Å²) in [7, 11) is 2.05. The molecule has 1 fully saturated rings. The Morgan fingerprint density at radius 1 is 1.25 bits per heavy atom. The first-order chi connectivity index (χ1) is 11.7. The molecule has 1 atom stereocenters. The fourth-order valence-corrected chi connectivity index (χ4v) is 4.02. The molecular weight excluding hydrogens is 320 g/mol. The monoisotopic (exact) mass is 346 g/mol. The van der Waals surface area contributed by atoms with Crippen LogP contribution in [0.3, 0.4) is 0 Å². The predicted octanol–water partition coefficient (Wildman–Crippen LogP) is 2.57. The van der Waals surface area contributed by atoms with Gasteiger partial charge in [0.25, 0.3) is 0 Å². The van der Waals surface area contributed by atoms with E-state index in [2.05, 4.69) is 20.1 Å². The minimum Gasteiger partial charge on any atom is -0.388 e. The van der Waals surface area contributed by atoms with Gasteiger partial charge < -0.3 is 15.0 Å². The van der Waals surface area contributed by atoms with Gasteiger partial charge >= 0.3 is 0 Å². The number of rotatable bonds is 7. The van der Waals surface area contributed by atoms with Crippen LogP contribution in [0.4, 0.5) is 0 Å². The van der Waals surface area contributed by atoms with Gasteiger partial charge in [-0.3, -0.25) is 0 Å². The lowest BCUT2D eigenvalue weighted by atomic mass is 9.94. The van der Waals surface area contributed by atoms with Crippen molar-refractivity contribution < 1.29 is 5.11 Å². The highest BCUT2D eigenvalue weighted by molar-refractivity contribution is 7.99. The van der Waals surface area contributed by atoms with Gasteiger partial charge in [0.15, 0.2) is 5.16 Å². The predicted molar refractivity (Wildman–Crippen MR) is 97.0 cm³/mol. The minimum atomic E-state index is -0.416. The van der Waals surface area contributed by atoms with Crippen molar-refractivity contribution in [3.63, 3.8) is 0 Å². The number of aliphatic hydroxyl groups is 1. The van der Waals surface area contributed by atoms with Crippen LogP contribution in [0.2, 0.25) is 0 Å². The van der Waals surface area contributed by atoms with Gasteiger partial charge in [-0.05, 0) is 43.8 Å². The van der Waals surface area contributed by atoms with Gasteiger partial charge in [-0.2, -0.15) is 0 Å². The number of nitrogens with one attached hydrogen (secondary N) is 1. The van der Waals surface area contributed by atoms with Gasteiger partial charge in [0.2, 0.25) is 0 Å². The molecule has 6 heteroatoms. The summed E-state index contributed by atoms with van der Waals surface area (Å²) in [5, 5.41) is 23.3. The van der Waals surface area contributed by atoms with E-state index in [4.69, 9.17) is 0 Å². The Bertz CT molecular complexity index is 625. The van der Waals surface area contributed by atoms with Crippen LogP contribution in [0.1, 0.15) is 36.8 Å². The highest BCUT2D eigenvalue weighted by atomic mass is 32.2. The molecule has 3 rings (SSSR count). The van der Waals surface area contributed by atoms with Gasteiger partial charge in [0.05, 0.1) is 6.10 Å². The Hall–Kier alpha value is -1.37. The van der Waals surface area contributed by atoms with Crippen LogP contribution in [-0.2, 0) is 13.5 Å². The van der Waals surface area contributed by atoms with Gasteiger partial charge in [0.1, 0.15) is 5.82 Å². The molecule has 0 aliphatic carbocycles. The maximum absolute atomic E-state index is 10.2. The number of nitrogens with zero attached hydrogens (tertiary/aromatic N) is 3. The number of hydrogen-bond acceptors (Lipinski definition) is 5. The van der Waals surface area contributed by atoms with E-state index in [0.29, 0.717) is 12.3 Å². The second-order valence-electron chi connectivity index (χ2n) is 6.42. The molecule has 0 spiro atoms. The molecular formula is C18H26N4OS. The first kappa shape index (κ1) is 17.5. The van der Waals surface area contributed by atoms with Crippen LogP contribution in [0.25, 0.3) is 0 Å². The lowest BCUT2D eigenvalue weighted by molar-refractivity contribution is 0.175. The van der Waals surface area contributed by atoms with Crippen LogP contribution in [0.5, 0.6) is 0 Å². The molecule has 0 bridgehead atoms. The third kappa shape index (κ3) is 4.59. The van der Waals surface area contributed by atoms with E-state index in [0.717, 1.165) is 41.8 Å². The van der Waals surface area contributed by atoms with Crippen LogP contribution >= 0.6 is 11.8 Å². The minimum absolute atomic E-state index is 0.416. The number of aromatic nitrogens is 3.